The van der Waals surface area contributed by atoms with E-state index in [9.17, 15) is 4.79 Å². The number of hydrogen-bond acceptors (Lipinski definition) is 4. The summed E-state index contributed by atoms with van der Waals surface area (Å²) in [5, 5.41) is 2.91. The molecular formula is C16H25N3O2. The maximum absolute atomic E-state index is 11.0. The first-order valence-electron chi connectivity index (χ1n) is 7.62. The van der Waals surface area contributed by atoms with Crippen molar-refractivity contribution in [3.05, 3.63) is 18.2 Å². The molecule has 21 heavy (non-hydrogen) atoms. The quantitative estimate of drug-likeness (QED) is 0.815. The Morgan fingerprint density at radius 1 is 1.43 bits per heavy atom. The van der Waals surface area contributed by atoms with E-state index in [-0.39, 0.29) is 5.91 Å². The van der Waals surface area contributed by atoms with Crippen molar-refractivity contribution in [1.29, 1.82) is 0 Å². The molecule has 1 aromatic rings. The van der Waals surface area contributed by atoms with Crippen molar-refractivity contribution < 1.29 is 9.53 Å². The van der Waals surface area contributed by atoms with Crippen molar-refractivity contribution in [1.82, 2.24) is 5.32 Å². The smallest absolute Gasteiger partial charge is 0.216 e. The Hall–Kier alpha value is -1.91. The molecule has 0 atom stereocenters. The molecule has 1 aliphatic heterocycles. The number of anilines is 2. The molecule has 0 aliphatic carbocycles. The van der Waals surface area contributed by atoms with Crippen LogP contribution in [-0.4, -0.2) is 32.1 Å². The minimum atomic E-state index is 0.0531. The number of ether oxygens (including phenoxy) is 1. The predicted octanol–water partition coefficient (Wildman–Crippen LogP) is 2.02. The van der Waals surface area contributed by atoms with Gasteiger partial charge in [0.2, 0.25) is 5.91 Å². The molecule has 1 saturated heterocycles. The fourth-order valence-corrected chi connectivity index (χ4v) is 2.68. The SMILES string of the molecule is CCOc1cc(N2CCC(CNC(C)=O)CC2)ccc1N. The van der Waals surface area contributed by atoms with E-state index in [0.717, 1.165) is 43.9 Å². The summed E-state index contributed by atoms with van der Waals surface area (Å²) < 4.78 is 5.56. The molecule has 1 aliphatic rings. The number of benzene rings is 1. The Bertz CT molecular complexity index is 482. The summed E-state index contributed by atoms with van der Waals surface area (Å²) in [5.41, 5.74) is 7.75. The van der Waals surface area contributed by atoms with Crippen LogP contribution in [0.5, 0.6) is 5.75 Å². The van der Waals surface area contributed by atoms with E-state index in [2.05, 4.69) is 10.2 Å². The van der Waals surface area contributed by atoms with Gasteiger partial charge in [0.25, 0.3) is 0 Å². The maximum Gasteiger partial charge on any atom is 0.216 e. The zero-order chi connectivity index (χ0) is 15.2. The average molecular weight is 291 g/mol. The molecule has 0 aromatic heterocycles. The van der Waals surface area contributed by atoms with Gasteiger partial charge in [-0.15, -0.1) is 0 Å². The highest BCUT2D eigenvalue weighted by Gasteiger charge is 2.20. The number of nitrogens with two attached hydrogens (primary N) is 1. The third-order valence-electron chi connectivity index (χ3n) is 3.92. The Balaban J connectivity index is 1.92. The van der Waals surface area contributed by atoms with Crippen molar-refractivity contribution in [2.45, 2.75) is 26.7 Å². The topological polar surface area (TPSA) is 67.6 Å². The van der Waals surface area contributed by atoms with Crippen LogP contribution in [0, 0.1) is 5.92 Å². The van der Waals surface area contributed by atoms with Gasteiger partial charge in [0, 0.05) is 38.3 Å². The molecular weight excluding hydrogens is 266 g/mol. The van der Waals surface area contributed by atoms with Crippen molar-refractivity contribution in [3.63, 3.8) is 0 Å². The predicted molar refractivity (Wildman–Crippen MR) is 85.6 cm³/mol. The van der Waals surface area contributed by atoms with Gasteiger partial charge in [-0.1, -0.05) is 0 Å². The first-order chi connectivity index (χ1) is 10.1. The first kappa shape index (κ1) is 15.5. The molecule has 5 heteroatoms. The highest BCUT2D eigenvalue weighted by Crippen LogP contribution is 2.30. The van der Waals surface area contributed by atoms with Gasteiger partial charge in [0.15, 0.2) is 0 Å². The number of hydrogen-bond donors (Lipinski definition) is 2. The molecule has 0 spiro atoms. The Morgan fingerprint density at radius 3 is 2.76 bits per heavy atom. The molecule has 0 radical (unpaired) electrons. The molecule has 1 amide bonds. The van der Waals surface area contributed by atoms with Gasteiger partial charge < -0.3 is 20.7 Å². The van der Waals surface area contributed by atoms with Crippen molar-refractivity contribution >= 4 is 17.3 Å². The van der Waals surface area contributed by atoms with Gasteiger partial charge >= 0.3 is 0 Å². The second-order valence-corrected chi connectivity index (χ2v) is 5.52. The van der Waals surface area contributed by atoms with Crippen LogP contribution in [0.25, 0.3) is 0 Å². The lowest BCUT2D eigenvalue weighted by Crippen LogP contribution is -2.38. The summed E-state index contributed by atoms with van der Waals surface area (Å²) in [5.74, 6) is 1.39. The Kier molecular flexibility index (Phi) is 5.31. The van der Waals surface area contributed by atoms with Gasteiger partial charge in [-0.05, 0) is 37.8 Å². The van der Waals surface area contributed by atoms with Crippen LogP contribution in [0.15, 0.2) is 18.2 Å². The summed E-state index contributed by atoms with van der Waals surface area (Å²) >= 11 is 0. The van der Waals surface area contributed by atoms with E-state index in [1.807, 2.05) is 25.1 Å². The number of rotatable bonds is 5. The molecule has 0 unspecified atom stereocenters. The lowest BCUT2D eigenvalue weighted by molar-refractivity contribution is -0.119. The Morgan fingerprint density at radius 2 is 2.14 bits per heavy atom. The van der Waals surface area contributed by atoms with Crippen LogP contribution < -0.4 is 20.7 Å². The van der Waals surface area contributed by atoms with Crippen molar-refractivity contribution in [2.24, 2.45) is 5.92 Å². The summed E-state index contributed by atoms with van der Waals surface area (Å²) in [6.45, 7) is 6.93. The fourth-order valence-electron chi connectivity index (χ4n) is 2.68. The van der Waals surface area contributed by atoms with Gasteiger partial charge in [-0.2, -0.15) is 0 Å². The van der Waals surface area contributed by atoms with Crippen LogP contribution in [0.4, 0.5) is 11.4 Å². The standard InChI is InChI=1S/C16H25N3O2/c1-3-21-16-10-14(4-5-15(16)17)19-8-6-13(7-9-19)11-18-12(2)20/h4-5,10,13H,3,6-9,11,17H2,1-2H3,(H,18,20). The number of nitrogens with zero attached hydrogens (tertiary/aromatic N) is 1. The van der Waals surface area contributed by atoms with Crippen LogP contribution >= 0.6 is 0 Å². The number of carbonyl (C=O) groups excluding carboxylic acids is 1. The second kappa shape index (κ2) is 7.20. The maximum atomic E-state index is 11.0. The van der Waals surface area contributed by atoms with Gasteiger partial charge in [0.1, 0.15) is 5.75 Å². The minimum Gasteiger partial charge on any atom is -0.492 e. The molecule has 3 N–H and O–H groups in total. The van der Waals surface area contributed by atoms with Gasteiger partial charge in [-0.3, -0.25) is 4.79 Å². The summed E-state index contributed by atoms with van der Waals surface area (Å²) in [4.78, 5) is 13.3. The zero-order valence-corrected chi connectivity index (χ0v) is 12.9. The van der Waals surface area contributed by atoms with Crippen LogP contribution in [0.1, 0.15) is 26.7 Å². The van der Waals surface area contributed by atoms with Crippen molar-refractivity contribution in [2.75, 3.05) is 36.9 Å². The largest absolute Gasteiger partial charge is 0.492 e. The third-order valence-corrected chi connectivity index (χ3v) is 3.92. The fraction of sp³-hybridized carbons (Fsp3) is 0.562. The van der Waals surface area contributed by atoms with Crippen molar-refractivity contribution in [3.8, 4) is 5.75 Å². The number of nitrogens with one attached hydrogen (secondary N) is 1. The lowest BCUT2D eigenvalue weighted by Gasteiger charge is -2.34. The van der Waals surface area contributed by atoms with E-state index in [0.29, 0.717) is 18.2 Å². The molecule has 1 heterocycles. The summed E-state index contributed by atoms with van der Waals surface area (Å²) in [6, 6.07) is 5.97. The second-order valence-electron chi connectivity index (χ2n) is 5.52. The molecule has 116 valence electrons. The normalized spacial score (nSPS) is 15.8. The van der Waals surface area contributed by atoms with Gasteiger partial charge in [0.05, 0.1) is 12.3 Å². The van der Waals surface area contributed by atoms with E-state index < -0.39 is 0 Å². The molecule has 0 bridgehead atoms. The van der Waals surface area contributed by atoms with Crippen LogP contribution in [0.2, 0.25) is 0 Å². The average Bonchev–Trinajstić information content (AvgIpc) is 2.48. The highest BCUT2D eigenvalue weighted by atomic mass is 16.5. The zero-order valence-electron chi connectivity index (χ0n) is 12.9. The van der Waals surface area contributed by atoms with Crippen LogP contribution in [-0.2, 0) is 4.79 Å². The first-order valence-corrected chi connectivity index (χ1v) is 7.62. The summed E-state index contributed by atoms with van der Waals surface area (Å²) in [6.07, 6.45) is 2.18. The van der Waals surface area contributed by atoms with E-state index >= 15 is 0 Å². The number of nitrogen functional groups attached to an aromatic ring is 1. The molecule has 5 nitrogen and oxygen atoms in total. The van der Waals surface area contributed by atoms with Crippen LogP contribution in [0.3, 0.4) is 0 Å². The van der Waals surface area contributed by atoms with Gasteiger partial charge in [-0.25, -0.2) is 0 Å². The molecule has 0 saturated carbocycles. The molecule has 2 rings (SSSR count). The number of piperidine rings is 1. The van der Waals surface area contributed by atoms with E-state index in [1.165, 1.54) is 0 Å². The van der Waals surface area contributed by atoms with E-state index in [4.69, 9.17) is 10.5 Å². The summed E-state index contributed by atoms with van der Waals surface area (Å²) in [7, 11) is 0. The Labute approximate surface area is 126 Å². The highest BCUT2D eigenvalue weighted by molar-refractivity contribution is 5.72. The number of amides is 1. The third kappa shape index (κ3) is 4.28. The lowest BCUT2D eigenvalue weighted by atomic mass is 9.96. The van der Waals surface area contributed by atoms with E-state index in [1.54, 1.807) is 6.92 Å². The monoisotopic (exact) mass is 291 g/mol. The number of carbonyl (C=O) groups is 1. The molecule has 1 fully saturated rings. The minimum absolute atomic E-state index is 0.0531. The molecule has 1 aromatic carbocycles.